The third-order valence-corrected chi connectivity index (χ3v) is 6.92. The van der Waals surface area contributed by atoms with Gasteiger partial charge in [-0.2, -0.15) is 0 Å². The fourth-order valence-electron chi connectivity index (χ4n) is 5.22. The van der Waals surface area contributed by atoms with Gasteiger partial charge in [-0.15, -0.1) is 0 Å². The van der Waals surface area contributed by atoms with Gasteiger partial charge in [0.15, 0.2) is 5.78 Å². The number of rotatable bonds is 5. The molecule has 0 atom stereocenters. The second-order valence-corrected chi connectivity index (χ2v) is 8.67. The number of likely N-dealkylation sites (tertiary alicyclic amines) is 2. The molecule has 1 spiro atoms. The largest absolute Gasteiger partial charge is 0.358 e. The van der Waals surface area contributed by atoms with Crippen LogP contribution in [0.3, 0.4) is 0 Å². The summed E-state index contributed by atoms with van der Waals surface area (Å²) in [5.74, 6) is 0.336. The van der Waals surface area contributed by atoms with Crippen molar-refractivity contribution >= 4 is 17.5 Å². The van der Waals surface area contributed by atoms with E-state index < -0.39 is 5.54 Å². The highest BCUT2D eigenvalue weighted by Crippen LogP contribution is 2.39. The third kappa shape index (κ3) is 4.42. The lowest BCUT2D eigenvalue weighted by molar-refractivity contribution is -0.123. The molecular formula is C23H34N4O2. The second-order valence-electron chi connectivity index (χ2n) is 8.67. The molecule has 0 aromatic heterocycles. The number of nitrogens with one attached hydrogen (secondary N) is 1. The van der Waals surface area contributed by atoms with Crippen molar-refractivity contribution in [3.05, 3.63) is 30.3 Å². The molecule has 3 aliphatic heterocycles. The van der Waals surface area contributed by atoms with Crippen LogP contribution >= 0.6 is 0 Å². The molecule has 3 heterocycles. The molecule has 2 amide bonds. The van der Waals surface area contributed by atoms with Gasteiger partial charge in [-0.1, -0.05) is 24.6 Å². The van der Waals surface area contributed by atoms with Crippen LogP contribution in [0.4, 0.5) is 10.5 Å². The van der Waals surface area contributed by atoms with E-state index in [0.29, 0.717) is 25.3 Å². The van der Waals surface area contributed by atoms with Crippen molar-refractivity contribution in [3.8, 4) is 0 Å². The Bertz CT molecular complexity index is 694. The minimum atomic E-state index is -0.424. The summed E-state index contributed by atoms with van der Waals surface area (Å²) in [5.41, 5.74) is 0.695. The number of amides is 2. The second kappa shape index (κ2) is 9.16. The fraction of sp³-hybridized carbons (Fsp3) is 0.652. The van der Waals surface area contributed by atoms with Crippen molar-refractivity contribution in [1.82, 2.24) is 15.1 Å². The number of carbonyl (C=O) groups excluding carboxylic acids is 2. The Kier molecular flexibility index (Phi) is 6.38. The molecular weight excluding hydrogens is 364 g/mol. The number of hydrogen-bond acceptors (Lipinski definition) is 4. The Labute approximate surface area is 174 Å². The first-order valence-corrected chi connectivity index (χ1v) is 11.3. The summed E-state index contributed by atoms with van der Waals surface area (Å²) in [6, 6.07) is 10.3. The number of benzene rings is 1. The summed E-state index contributed by atoms with van der Waals surface area (Å²) in [5, 5.41) is 3.09. The maximum absolute atomic E-state index is 12.8. The maximum Gasteiger partial charge on any atom is 0.317 e. The zero-order valence-corrected chi connectivity index (χ0v) is 17.4. The molecule has 1 N–H and O–H groups in total. The van der Waals surface area contributed by atoms with Crippen molar-refractivity contribution in [2.75, 3.05) is 50.7 Å². The summed E-state index contributed by atoms with van der Waals surface area (Å²) in [6.07, 6.45) is 7.03. The summed E-state index contributed by atoms with van der Waals surface area (Å²) in [7, 11) is 0. The van der Waals surface area contributed by atoms with Gasteiger partial charge in [0.05, 0.1) is 0 Å². The molecule has 29 heavy (non-hydrogen) atoms. The highest BCUT2D eigenvalue weighted by atomic mass is 16.2. The molecule has 6 nitrogen and oxygen atoms in total. The van der Waals surface area contributed by atoms with Gasteiger partial charge in [-0.05, 0) is 63.9 Å². The van der Waals surface area contributed by atoms with E-state index in [0.717, 1.165) is 44.6 Å². The molecule has 4 rings (SSSR count). The number of hydrogen-bond donors (Lipinski definition) is 1. The first-order valence-electron chi connectivity index (χ1n) is 11.3. The van der Waals surface area contributed by atoms with Gasteiger partial charge in [0.2, 0.25) is 0 Å². The normalized spacial score (nSPS) is 22.3. The van der Waals surface area contributed by atoms with Gasteiger partial charge in [-0.3, -0.25) is 4.79 Å². The quantitative estimate of drug-likeness (QED) is 0.775. The monoisotopic (exact) mass is 398 g/mol. The Morgan fingerprint density at radius 2 is 1.69 bits per heavy atom. The molecule has 0 aliphatic carbocycles. The van der Waals surface area contributed by atoms with Gasteiger partial charge < -0.3 is 20.0 Å². The maximum atomic E-state index is 12.8. The first kappa shape index (κ1) is 20.2. The molecule has 158 valence electrons. The fourth-order valence-corrected chi connectivity index (χ4v) is 5.22. The highest BCUT2D eigenvalue weighted by Gasteiger charge is 2.50. The molecule has 6 heteroatoms. The van der Waals surface area contributed by atoms with E-state index in [4.69, 9.17) is 0 Å². The smallest absolute Gasteiger partial charge is 0.317 e. The molecule has 0 radical (unpaired) electrons. The van der Waals surface area contributed by atoms with Crippen molar-refractivity contribution in [2.24, 2.45) is 0 Å². The zero-order chi connectivity index (χ0) is 20.1. The van der Waals surface area contributed by atoms with Crippen LogP contribution in [0.5, 0.6) is 0 Å². The Hall–Kier alpha value is -2.08. The molecule has 1 aromatic carbocycles. The van der Waals surface area contributed by atoms with E-state index in [1.54, 1.807) is 0 Å². The number of para-hydroxylation sites is 1. The van der Waals surface area contributed by atoms with Gasteiger partial charge in [0.1, 0.15) is 5.54 Å². The Balaban J connectivity index is 1.26. The Morgan fingerprint density at radius 3 is 2.41 bits per heavy atom. The molecule has 3 aliphatic rings. The predicted octanol–water partition coefficient (Wildman–Crippen LogP) is 2.89. The molecule has 0 saturated carbocycles. The van der Waals surface area contributed by atoms with Crippen LogP contribution in [0.2, 0.25) is 0 Å². The first-order chi connectivity index (χ1) is 14.2. The van der Waals surface area contributed by atoms with E-state index in [1.165, 1.54) is 32.4 Å². The predicted molar refractivity (Wildman–Crippen MR) is 115 cm³/mol. The molecule has 0 unspecified atom stereocenters. The number of urea groups is 1. The molecule has 3 fully saturated rings. The van der Waals surface area contributed by atoms with Crippen LogP contribution in [0.25, 0.3) is 0 Å². The van der Waals surface area contributed by atoms with Crippen molar-refractivity contribution in [1.29, 1.82) is 0 Å². The van der Waals surface area contributed by atoms with Crippen LogP contribution in [0.15, 0.2) is 30.3 Å². The average Bonchev–Trinajstić information content (AvgIpc) is 3.08. The SMILES string of the molecule is O=C(NCCCN1CCCCC1)N1CCC2(CC1)C(=O)CCN2c1ccccc1. The van der Waals surface area contributed by atoms with E-state index in [-0.39, 0.29) is 6.03 Å². The van der Waals surface area contributed by atoms with Crippen molar-refractivity contribution < 1.29 is 9.59 Å². The number of nitrogens with zero attached hydrogens (tertiary/aromatic N) is 3. The minimum absolute atomic E-state index is 0.0233. The van der Waals surface area contributed by atoms with Crippen LogP contribution in [-0.2, 0) is 4.79 Å². The van der Waals surface area contributed by atoms with Crippen LogP contribution in [-0.4, -0.2) is 73.0 Å². The highest BCUT2D eigenvalue weighted by molar-refractivity contribution is 5.96. The standard InChI is InChI=1S/C23H34N4O2/c28-21-10-17-27(20-8-3-1-4-9-20)23(21)11-18-26(19-12-23)22(29)24-13-7-16-25-14-5-2-6-15-25/h1,3-4,8-9H,2,5-7,10-19H2,(H,24,29). The van der Waals surface area contributed by atoms with Crippen LogP contribution in [0, 0.1) is 0 Å². The van der Waals surface area contributed by atoms with Gasteiger partial charge >= 0.3 is 6.03 Å². The number of carbonyl (C=O) groups is 2. The van der Waals surface area contributed by atoms with E-state index >= 15 is 0 Å². The van der Waals surface area contributed by atoms with Gasteiger partial charge in [0, 0.05) is 38.3 Å². The number of piperidine rings is 2. The lowest BCUT2D eigenvalue weighted by atomic mass is 9.83. The van der Waals surface area contributed by atoms with E-state index in [9.17, 15) is 9.59 Å². The Morgan fingerprint density at radius 1 is 0.966 bits per heavy atom. The molecule has 1 aromatic rings. The molecule has 3 saturated heterocycles. The lowest BCUT2D eigenvalue weighted by Crippen LogP contribution is -2.58. The van der Waals surface area contributed by atoms with Crippen molar-refractivity contribution in [2.45, 2.75) is 50.5 Å². The van der Waals surface area contributed by atoms with Crippen LogP contribution < -0.4 is 10.2 Å². The van der Waals surface area contributed by atoms with Crippen LogP contribution in [0.1, 0.15) is 44.9 Å². The zero-order valence-electron chi connectivity index (χ0n) is 17.4. The summed E-state index contributed by atoms with van der Waals surface area (Å²) >= 11 is 0. The number of ketones is 1. The third-order valence-electron chi connectivity index (χ3n) is 6.92. The molecule has 0 bridgehead atoms. The van der Waals surface area contributed by atoms with Gasteiger partial charge in [0.25, 0.3) is 0 Å². The topological polar surface area (TPSA) is 55.9 Å². The number of anilines is 1. The summed E-state index contributed by atoms with van der Waals surface area (Å²) in [6.45, 7) is 6.28. The van der Waals surface area contributed by atoms with E-state index in [2.05, 4.69) is 27.2 Å². The number of Topliss-reactive ketones (excluding diaryl/α,β-unsaturated/α-hetero) is 1. The lowest BCUT2D eigenvalue weighted by Gasteiger charge is -2.44. The summed E-state index contributed by atoms with van der Waals surface area (Å²) in [4.78, 5) is 32.1. The summed E-state index contributed by atoms with van der Waals surface area (Å²) < 4.78 is 0. The van der Waals surface area contributed by atoms with Gasteiger partial charge in [-0.25, -0.2) is 4.79 Å². The van der Waals surface area contributed by atoms with E-state index in [1.807, 2.05) is 23.1 Å². The van der Waals surface area contributed by atoms with Crippen molar-refractivity contribution in [3.63, 3.8) is 0 Å². The minimum Gasteiger partial charge on any atom is -0.358 e. The average molecular weight is 399 g/mol.